The predicted molar refractivity (Wildman–Crippen MR) is 104 cm³/mol. The number of aryl methyl sites for hydroxylation is 1. The van der Waals surface area contributed by atoms with Gasteiger partial charge in [0.25, 0.3) is 5.91 Å². The molecule has 0 radical (unpaired) electrons. The van der Waals surface area contributed by atoms with Gasteiger partial charge in [0.2, 0.25) is 5.95 Å². The molecule has 1 aliphatic rings. The van der Waals surface area contributed by atoms with Crippen LogP contribution in [0.25, 0.3) is 10.9 Å². The van der Waals surface area contributed by atoms with Crippen molar-refractivity contribution < 1.29 is 9.18 Å². The van der Waals surface area contributed by atoms with Crippen LogP contribution in [-0.2, 0) is 7.05 Å². The topological polar surface area (TPSA) is 66.0 Å². The second kappa shape index (κ2) is 6.81. The van der Waals surface area contributed by atoms with Crippen LogP contribution in [0.15, 0.2) is 24.4 Å². The van der Waals surface area contributed by atoms with Gasteiger partial charge >= 0.3 is 0 Å². The van der Waals surface area contributed by atoms with E-state index >= 15 is 0 Å². The van der Waals surface area contributed by atoms with E-state index in [4.69, 9.17) is 0 Å². The highest BCUT2D eigenvalue weighted by atomic mass is 19.1. The standard InChI is InChI=1S/C20H24FN5O/c1-12-4-5-15(21)14-10-16(23-18(12)14)19(27)24-20-22-11-17(26(20)3)13-6-8-25(2)9-7-13/h4-5,10-11,13,23H,6-9H2,1-3H3,(H,22,24,27). The highest BCUT2D eigenvalue weighted by Gasteiger charge is 2.23. The average molecular weight is 369 g/mol. The number of piperidine rings is 1. The number of hydrogen-bond donors (Lipinski definition) is 2. The first-order valence-electron chi connectivity index (χ1n) is 9.23. The second-order valence-electron chi connectivity index (χ2n) is 7.43. The van der Waals surface area contributed by atoms with Crippen molar-refractivity contribution in [1.29, 1.82) is 0 Å². The van der Waals surface area contributed by atoms with E-state index in [2.05, 4.69) is 27.2 Å². The van der Waals surface area contributed by atoms with Gasteiger partial charge < -0.3 is 14.5 Å². The molecule has 3 aromatic rings. The summed E-state index contributed by atoms with van der Waals surface area (Å²) < 4.78 is 15.9. The largest absolute Gasteiger partial charge is 0.350 e. The number of nitrogens with one attached hydrogen (secondary N) is 2. The van der Waals surface area contributed by atoms with Crippen LogP contribution in [0.1, 0.15) is 40.5 Å². The van der Waals surface area contributed by atoms with E-state index < -0.39 is 0 Å². The molecule has 0 saturated carbocycles. The van der Waals surface area contributed by atoms with E-state index in [1.807, 2.05) is 24.7 Å². The zero-order chi connectivity index (χ0) is 19.1. The van der Waals surface area contributed by atoms with E-state index in [9.17, 15) is 9.18 Å². The number of carbonyl (C=O) groups excluding carboxylic acids is 1. The molecule has 27 heavy (non-hydrogen) atoms. The summed E-state index contributed by atoms with van der Waals surface area (Å²) >= 11 is 0. The molecule has 2 aromatic heterocycles. The molecule has 1 fully saturated rings. The molecule has 1 amide bonds. The lowest BCUT2D eigenvalue weighted by molar-refractivity contribution is 0.102. The first-order valence-corrected chi connectivity index (χ1v) is 9.23. The number of amides is 1. The van der Waals surface area contributed by atoms with Crippen LogP contribution in [0, 0.1) is 12.7 Å². The Balaban J connectivity index is 1.55. The monoisotopic (exact) mass is 369 g/mol. The summed E-state index contributed by atoms with van der Waals surface area (Å²) in [4.78, 5) is 22.4. The van der Waals surface area contributed by atoms with Gasteiger partial charge in [-0.15, -0.1) is 0 Å². The number of benzene rings is 1. The molecule has 0 bridgehead atoms. The van der Waals surface area contributed by atoms with Crippen molar-refractivity contribution in [2.75, 3.05) is 25.5 Å². The average Bonchev–Trinajstić information content (AvgIpc) is 3.25. The lowest BCUT2D eigenvalue weighted by Crippen LogP contribution is -2.30. The Morgan fingerprint density at radius 2 is 2.04 bits per heavy atom. The third kappa shape index (κ3) is 3.23. The number of hydrogen-bond acceptors (Lipinski definition) is 3. The van der Waals surface area contributed by atoms with Gasteiger partial charge in [0, 0.05) is 24.0 Å². The summed E-state index contributed by atoms with van der Waals surface area (Å²) in [6, 6.07) is 4.66. The molecule has 1 aromatic carbocycles. The molecule has 4 rings (SSSR count). The normalized spacial score (nSPS) is 16.1. The van der Waals surface area contributed by atoms with Gasteiger partial charge in [-0.25, -0.2) is 9.37 Å². The molecule has 7 heteroatoms. The Labute approximate surface area is 157 Å². The van der Waals surface area contributed by atoms with Gasteiger partial charge in [0.05, 0.1) is 11.7 Å². The van der Waals surface area contributed by atoms with Gasteiger partial charge in [0.15, 0.2) is 0 Å². The van der Waals surface area contributed by atoms with E-state index in [0.29, 0.717) is 28.5 Å². The molecule has 0 atom stereocenters. The number of imidazole rings is 1. The zero-order valence-corrected chi connectivity index (χ0v) is 15.8. The van der Waals surface area contributed by atoms with Crippen LogP contribution in [-0.4, -0.2) is 45.5 Å². The Bertz CT molecular complexity index is 958. The van der Waals surface area contributed by atoms with E-state index in [1.165, 1.54) is 6.07 Å². The lowest BCUT2D eigenvalue weighted by atomic mass is 9.94. The van der Waals surface area contributed by atoms with Crippen LogP contribution in [0.5, 0.6) is 0 Å². The minimum absolute atomic E-state index is 0.321. The highest BCUT2D eigenvalue weighted by molar-refractivity contribution is 6.05. The summed E-state index contributed by atoms with van der Waals surface area (Å²) in [6.07, 6.45) is 4.02. The SMILES string of the molecule is Cc1ccc(F)c2cc(C(=O)Nc3ncc(C4CCN(C)CC4)n3C)[nH]c12. The summed E-state index contributed by atoms with van der Waals surface area (Å²) in [5, 5.41) is 3.27. The Morgan fingerprint density at radius 3 is 2.74 bits per heavy atom. The maximum Gasteiger partial charge on any atom is 0.274 e. The number of halogens is 1. The molecule has 3 heterocycles. The molecule has 1 saturated heterocycles. The van der Waals surface area contributed by atoms with Gasteiger partial charge in [-0.2, -0.15) is 0 Å². The van der Waals surface area contributed by atoms with Crippen LogP contribution < -0.4 is 5.32 Å². The number of likely N-dealkylation sites (tertiary alicyclic amines) is 1. The van der Waals surface area contributed by atoms with Gasteiger partial charge in [-0.3, -0.25) is 10.1 Å². The van der Waals surface area contributed by atoms with E-state index in [-0.39, 0.29) is 11.7 Å². The van der Waals surface area contributed by atoms with Crippen LogP contribution in [0.3, 0.4) is 0 Å². The zero-order valence-electron chi connectivity index (χ0n) is 15.8. The van der Waals surface area contributed by atoms with E-state index in [0.717, 1.165) is 37.2 Å². The van der Waals surface area contributed by atoms with Crippen molar-refractivity contribution in [3.63, 3.8) is 0 Å². The molecule has 0 spiro atoms. The first-order chi connectivity index (χ1) is 12.9. The Kier molecular flexibility index (Phi) is 4.47. The molecule has 2 N–H and O–H groups in total. The van der Waals surface area contributed by atoms with Crippen molar-refractivity contribution in [3.8, 4) is 0 Å². The number of rotatable bonds is 3. The highest BCUT2D eigenvalue weighted by Crippen LogP contribution is 2.29. The van der Waals surface area contributed by atoms with Crippen molar-refractivity contribution in [3.05, 3.63) is 47.2 Å². The van der Waals surface area contributed by atoms with Gasteiger partial charge in [-0.1, -0.05) is 6.07 Å². The quantitative estimate of drug-likeness (QED) is 0.744. The van der Waals surface area contributed by atoms with Crippen LogP contribution in [0.4, 0.5) is 10.3 Å². The molecular formula is C20H24FN5O. The summed E-state index contributed by atoms with van der Waals surface area (Å²) in [7, 11) is 4.06. The van der Waals surface area contributed by atoms with Crippen molar-refractivity contribution in [2.45, 2.75) is 25.7 Å². The maximum absolute atomic E-state index is 14.0. The number of H-pyrrole nitrogens is 1. The summed E-state index contributed by atoms with van der Waals surface area (Å²) in [6.45, 7) is 4.02. The Hall–Kier alpha value is -2.67. The second-order valence-corrected chi connectivity index (χ2v) is 7.43. The van der Waals surface area contributed by atoms with Crippen molar-refractivity contribution >= 4 is 22.8 Å². The minimum atomic E-state index is -0.340. The molecule has 142 valence electrons. The smallest absolute Gasteiger partial charge is 0.274 e. The number of carbonyl (C=O) groups is 1. The number of anilines is 1. The summed E-state index contributed by atoms with van der Waals surface area (Å²) in [5.74, 6) is 0.292. The maximum atomic E-state index is 14.0. The Morgan fingerprint density at radius 1 is 1.30 bits per heavy atom. The van der Waals surface area contributed by atoms with E-state index in [1.54, 1.807) is 12.1 Å². The number of nitrogens with zero attached hydrogens (tertiary/aromatic N) is 3. The fourth-order valence-electron chi connectivity index (χ4n) is 3.84. The third-order valence-corrected chi connectivity index (χ3v) is 5.58. The fraction of sp³-hybridized carbons (Fsp3) is 0.400. The molecule has 6 nitrogen and oxygen atoms in total. The molecular weight excluding hydrogens is 345 g/mol. The molecule has 1 aliphatic heterocycles. The fourth-order valence-corrected chi connectivity index (χ4v) is 3.84. The predicted octanol–water partition coefficient (Wildman–Crippen LogP) is 3.41. The summed E-state index contributed by atoms with van der Waals surface area (Å²) in [5.41, 5.74) is 3.00. The first kappa shape index (κ1) is 17.7. The lowest BCUT2D eigenvalue weighted by Gasteiger charge is -2.29. The van der Waals surface area contributed by atoms with Gasteiger partial charge in [0.1, 0.15) is 11.5 Å². The van der Waals surface area contributed by atoms with Crippen molar-refractivity contribution in [1.82, 2.24) is 19.4 Å². The van der Waals surface area contributed by atoms with Crippen molar-refractivity contribution in [2.24, 2.45) is 7.05 Å². The third-order valence-electron chi connectivity index (χ3n) is 5.58. The van der Waals surface area contributed by atoms with Gasteiger partial charge in [-0.05, 0) is 57.6 Å². The van der Waals surface area contributed by atoms with Crippen LogP contribution in [0.2, 0.25) is 0 Å². The number of aromatic nitrogens is 3. The molecule has 0 aliphatic carbocycles. The minimum Gasteiger partial charge on any atom is -0.350 e. The number of fused-ring (bicyclic) bond motifs is 1. The van der Waals surface area contributed by atoms with Crippen LogP contribution >= 0.6 is 0 Å². The molecule has 0 unspecified atom stereocenters. The number of aromatic amines is 1.